The van der Waals surface area contributed by atoms with E-state index in [1.54, 1.807) is 24.3 Å². The molecule has 2 amide bonds. The maximum atomic E-state index is 12.4. The summed E-state index contributed by atoms with van der Waals surface area (Å²) in [4.78, 5) is 26.6. The summed E-state index contributed by atoms with van der Waals surface area (Å²) in [6, 6.07) is 14.0. The highest BCUT2D eigenvalue weighted by atomic mass is 16.5. The summed E-state index contributed by atoms with van der Waals surface area (Å²) < 4.78 is 5.38. The third-order valence-corrected chi connectivity index (χ3v) is 5.26. The first-order chi connectivity index (χ1) is 15.5. The minimum atomic E-state index is -1.02. The van der Waals surface area contributed by atoms with Gasteiger partial charge < -0.3 is 20.5 Å². The van der Waals surface area contributed by atoms with Crippen LogP contribution in [-0.4, -0.2) is 67.3 Å². The predicted molar refractivity (Wildman–Crippen MR) is 122 cm³/mol. The van der Waals surface area contributed by atoms with Crippen molar-refractivity contribution in [1.29, 1.82) is 0 Å². The van der Waals surface area contributed by atoms with Gasteiger partial charge in [-0.05, 0) is 48.9 Å². The molecule has 3 N–H and O–H groups in total. The van der Waals surface area contributed by atoms with Gasteiger partial charge in [-0.3, -0.25) is 14.5 Å². The molecule has 0 bridgehead atoms. The van der Waals surface area contributed by atoms with Crippen molar-refractivity contribution in [2.24, 2.45) is 0 Å². The number of carbonyl (C=O) groups excluding carboxylic acids is 2. The molecule has 2 atom stereocenters. The van der Waals surface area contributed by atoms with Gasteiger partial charge in [-0.1, -0.05) is 24.0 Å². The summed E-state index contributed by atoms with van der Waals surface area (Å²) in [6.07, 6.45) is -1.01. The van der Waals surface area contributed by atoms with Gasteiger partial charge in [0.2, 0.25) is 5.91 Å². The number of hydrogen-bond donors (Lipinski definition) is 3. The van der Waals surface area contributed by atoms with Gasteiger partial charge >= 0.3 is 0 Å². The number of amides is 2. The Morgan fingerprint density at radius 1 is 1.03 bits per heavy atom. The number of likely N-dealkylation sites (N-methyl/N-ethyl adjacent to an activating group) is 1. The van der Waals surface area contributed by atoms with Crippen molar-refractivity contribution in [3.05, 3.63) is 70.8 Å². The van der Waals surface area contributed by atoms with Crippen LogP contribution >= 0.6 is 0 Å². The zero-order valence-corrected chi connectivity index (χ0v) is 18.4. The molecular formula is C25H29N3O4. The van der Waals surface area contributed by atoms with Crippen molar-refractivity contribution in [2.75, 3.05) is 33.4 Å². The van der Waals surface area contributed by atoms with E-state index < -0.39 is 24.0 Å². The maximum Gasteiger partial charge on any atom is 0.252 e. The van der Waals surface area contributed by atoms with E-state index >= 15 is 0 Å². The molecule has 2 aromatic rings. The Morgan fingerprint density at radius 3 is 2.12 bits per heavy atom. The first-order valence-electron chi connectivity index (χ1n) is 10.7. The molecule has 0 unspecified atom stereocenters. The van der Waals surface area contributed by atoms with Crippen LogP contribution in [0.5, 0.6) is 0 Å². The van der Waals surface area contributed by atoms with Crippen molar-refractivity contribution < 1.29 is 19.4 Å². The van der Waals surface area contributed by atoms with Gasteiger partial charge in [0, 0.05) is 43.4 Å². The lowest BCUT2D eigenvalue weighted by atomic mass is 10.1. The highest BCUT2D eigenvalue weighted by Crippen LogP contribution is 2.10. The van der Waals surface area contributed by atoms with Gasteiger partial charge in [0.25, 0.3) is 5.91 Å². The molecule has 2 aromatic carbocycles. The Labute approximate surface area is 188 Å². The number of nitrogens with one attached hydrogen (secondary N) is 2. The summed E-state index contributed by atoms with van der Waals surface area (Å²) in [6.45, 7) is 5.87. The third-order valence-electron chi connectivity index (χ3n) is 5.26. The molecule has 1 saturated heterocycles. The van der Waals surface area contributed by atoms with Crippen LogP contribution in [-0.2, 0) is 16.1 Å². The number of nitrogens with zero attached hydrogens (tertiary/aromatic N) is 1. The van der Waals surface area contributed by atoms with Crippen LogP contribution in [0.4, 0.5) is 0 Å². The molecule has 0 aromatic heterocycles. The minimum absolute atomic E-state index is 0.387. The molecule has 0 spiro atoms. The first-order valence-corrected chi connectivity index (χ1v) is 10.7. The van der Waals surface area contributed by atoms with Crippen LogP contribution in [0, 0.1) is 11.8 Å². The van der Waals surface area contributed by atoms with E-state index in [9.17, 15) is 14.7 Å². The molecule has 3 rings (SSSR count). The molecule has 1 aliphatic rings. The van der Waals surface area contributed by atoms with E-state index in [0.717, 1.165) is 44.0 Å². The van der Waals surface area contributed by atoms with E-state index in [-0.39, 0.29) is 0 Å². The fraction of sp³-hybridized carbons (Fsp3) is 0.360. The van der Waals surface area contributed by atoms with Gasteiger partial charge in [0.1, 0.15) is 6.04 Å². The second kappa shape index (κ2) is 11.4. The average Bonchev–Trinajstić information content (AvgIpc) is 2.82. The van der Waals surface area contributed by atoms with Crippen LogP contribution < -0.4 is 10.6 Å². The number of carbonyl (C=O) groups is 2. The lowest BCUT2D eigenvalue weighted by Crippen LogP contribution is -2.51. The second-order valence-corrected chi connectivity index (χ2v) is 7.72. The van der Waals surface area contributed by atoms with E-state index in [0.29, 0.717) is 5.56 Å². The van der Waals surface area contributed by atoms with E-state index in [2.05, 4.69) is 39.5 Å². The molecule has 168 valence electrons. The number of benzene rings is 2. The highest BCUT2D eigenvalue weighted by Gasteiger charge is 2.25. The lowest BCUT2D eigenvalue weighted by Gasteiger charge is -2.26. The average molecular weight is 436 g/mol. The molecule has 1 heterocycles. The highest BCUT2D eigenvalue weighted by molar-refractivity contribution is 5.97. The molecule has 0 aliphatic carbocycles. The fourth-order valence-corrected chi connectivity index (χ4v) is 3.35. The van der Waals surface area contributed by atoms with Crippen molar-refractivity contribution in [1.82, 2.24) is 15.5 Å². The topological polar surface area (TPSA) is 90.9 Å². The van der Waals surface area contributed by atoms with E-state index in [1.165, 1.54) is 19.5 Å². The standard InChI is InChI=1S/C25H29N3O4/c1-18(29)23(25(31)26-2)27-24(30)22-11-9-20(10-12-22)4-3-19-5-7-21(8-6-19)17-28-13-15-32-16-14-28/h5-12,18,23,29H,13-17H2,1-2H3,(H,26,31)(H,27,30)/t18-,23+/m1/s1. The molecule has 1 fully saturated rings. The van der Waals surface area contributed by atoms with Crippen molar-refractivity contribution >= 4 is 11.8 Å². The summed E-state index contributed by atoms with van der Waals surface area (Å²) in [5, 5.41) is 14.7. The van der Waals surface area contributed by atoms with Gasteiger partial charge in [-0.15, -0.1) is 0 Å². The predicted octanol–water partition coefficient (Wildman–Crippen LogP) is 1.14. The summed E-state index contributed by atoms with van der Waals surface area (Å²) >= 11 is 0. The minimum Gasteiger partial charge on any atom is -0.391 e. The number of rotatable bonds is 6. The number of aliphatic hydroxyl groups excluding tert-OH is 1. The Morgan fingerprint density at radius 2 is 1.59 bits per heavy atom. The Hall–Kier alpha value is -3.18. The molecule has 32 heavy (non-hydrogen) atoms. The van der Waals surface area contributed by atoms with Gasteiger partial charge in [-0.2, -0.15) is 0 Å². The van der Waals surface area contributed by atoms with Gasteiger partial charge in [0.05, 0.1) is 19.3 Å². The van der Waals surface area contributed by atoms with Crippen LogP contribution in [0.2, 0.25) is 0 Å². The summed E-state index contributed by atoms with van der Waals surface area (Å²) in [5.41, 5.74) is 3.33. The number of aliphatic hydroxyl groups is 1. The molecule has 7 nitrogen and oxygen atoms in total. The SMILES string of the molecule is CNC(=O)[C@@H](NC(=O)c1ccc(C#Cc2ccc(CN3CCOCC3)cc2)cc1)[C@@H](C)O. The van der Waals surface area contributed by atoms with Crippen molar-refractivity contribution in [3.8, 4) is 11.8 Å². The van der Waals surface area contributed by atoms with E-state index in [1.807, 2.05) is 12.1 Å². The molecule has 1 aliphatic heterocycles. The third kappa shape index (κ3) is 6.66. The summed E-state index contributed by atoms with van der Waals surface area (Å²) in [7, 11) is 1.45. The van der Waals surface area contributed by atoms with Crippen molar-refractivity contribution in [2.45, 2.75) is 25.6 Å². The number of hydrogen-bond acceptors (Lipinski definition) is 5. The van der Waals surface area contributed by atoms with Gasteiger partial charge in [-0.25, -0.2) is 0 Å². The quantitative estimate of drug-likeness (QED) is 0.592. The summed E-state index contributed by atoms with van der Waals surface area (Å²) in [5.74, 6) is 5.35. The largest absolute Gasteiger partial charge is 0.391 e. The Bertz CT molecular complexity index is 969. The van der Waals surface area contributed by atoms with Crippen LogP contribution in [0.15, 0.2) is 48.5 Å². The zero-order valence-electron chi connectivity index (χ0n) is 18.4. The lowest BCUT2D eigenvalue weighted by molar-refractivity contribution is -0.124. The smallest absolute Gasteiger partial charge is 0.252 e. The van der Waals surface area contributed by atoms with Crippen LogP contribution in [0.3, 0.4) is 0 Å². The van der Waals surface area contributed by atoms with Gasteiger partial charge in [0.15, 0.2) is 0 Å². The molecule has 0 radical (unpaired) electrons. The first kappa shape index (κ1) is 23.5. The number of morpholine rings is 1. The molecular weight excluding hydrogens is 406 g/mol. The monoisotopic (exact) mass is 435 g/mol. The van der Waals surface area contributed by atoms with Crippen LogP contribution in [0.1, 0.15) is 34.0 Å². The molecule has 7 heteroatoms. The fourth-order valence-electron chi connectivity index (χ4n) is 3.35. The Kier molecular flexibility index (Phi) is 8.40. The van der Waals surface area contributed by atoms with Crippen LogP contribution in [0.25, 0.3) is 0 Å². The Balaban J connectivity index is 1.58. The molecule has 0 saturated carbocycles. The normalized spacial score (nSPS) is 15.7. The maximum absolute atomic E-state index is 12.4. The number of ether oxygens (including phenoxy) is 1. The van der Waals surface area contributed by atoms with E-state index in [4.69, 9.17) is 4.74 Å². The van der Waals surface area contributed by atoms with Crippen molar-refractivity contribution in [3.63, 3.8) is 0 Å². The zero-order chi connectivity index (χ0) is 22.9. The second-order valence-electron chi connectivity index (χ2n) is 7.72.